The number of hydrogen-bond donors (Lipinski definition) is 1. The molecule has 35 heavy (non-hydrogen) atoms. The molecule has 4 rings (SSSR count). The maximum atomic E-state index is 13.4. The Balaban J connectivity index is 1.63. The smallest absolute Gasteiger partial charge is 0.335 e. The van der Waals surface area contributed by atoms with E-state index < -0.39 is 17.8 Å². The molecule has 0 radical (unpaired) electrons. The number of rotatable bonds is 5. The lowest BCUT2D eigenvalue weighted by atomic mass is 10.1. The van der Waals surface area contributed by atoms with Gasteiger partial charge in [-0.25, -0.2) is 14.1 Å². The number of carbonyl (C=O) groups excluding carboxylic acids is 3. The van der Waals surface area contributed by atoms with Crippen molar-refractivity contribution in [2.24, 2.45) is 0 Å². The quantitative estimate of drug-likeness (QED) is 0.259. The van der Waals surface area contributed by atoms with Crippen LogP contribution < -0.4 is 15.0 Å². The number of amides is 4. The van der Waals surface area contributed by atoms with Crippen molar-refractivity contribution in [2.45, 2.75) is 13.5 Å². The van der Waals surface area contributed by atoms with E-state index in [1.807, 2.05) is 0 Å². The minimum Gasteiger partial charge on any atom is -0.487 e. The summed E-state index contributed by atoms with van der Waals surface area (Å²) < 4.78 is 20.3. The van der Waals surface area contributed by atoms with Crippen LogP contribution in [0.5, 0.6) is 5.75 Å². The third-order valence-electron chi connectivity index (χ3n) is 5.12. The van der Waals surface area contributed by atoms with Gasteiger partial charge in [-0.3, -0.25) is 14.9 Å². The molecule has 0 unspecified atom stereocenters. The largest absolute Gasteiger partial charge is 0.487 e. The Morgan fingerprint density at radius 1 is 1.06 bits per heavy atom. The van der Waals surface area contributed by atoms with Gasteiger partial charge in [-0.2, -0.15) is 0 Å². The summed E-state index contributed by atoms with van der Waals surface area (Å²) in [6.45, 7) is 1.86. The van der Waals surface area contributed by atoms with Crippen molar-refractivity contribution in [1.29, 1.82) is 0 Å². The molecule has 0 aromatic heterocycles. The Labute approximate surface area is 222 Å². The lowest BCUT2D eigenvalue weighted by Gasteiger charge is -2.27. The van der Waals surface area contributed by atoms with Crippen LogP contribution in [0.4, 0.5) is 14.9 Å². The number of ether oxygens (including phenoxy) is 1. The second-order valence-electron chi connectivity index (χ2n) is 7.62. The lowest BCUT2D eigenvalue weighted by Crippen LogP contribution is -2.54. The average molecular weight is 623 g/mol. The first-order chi connectivity index (χ1) is 16.6. The van der Waals surface area contributed by atoms with Crippen molar-refractivity contribution >= 4 is 73.1 Å². The molecule has 3 aromatic rings. The second kappa shape index (κ2) is 10.3. The van der Waals surface area contributed by atoms with Crippen LogP contribution in [0.15, 0.2) is 69.1 Å². The maximum absolute atomic E-state index is 13.4. The molecule has 1 fully saturated rings. The van der Waals surface area contributed by atoms with Crippen LogP contribution in [-0.2, 0) is 16.2 Å². The minimum atomic E-state index is -0.856. The topological polar surface area (TPSA) is 75.7 Å². The molecule has 1 N–H and O–H groups in total. The van der Waals surface area contributed by atoms with E-state index in [0.717, 1.165) is 4.90 Å². The maximum Gasteiger partial charge on any atom is 0.335 e. The van der Waals surface area contributed by atoms with Gasteiger partial charge in [-0.05, 0) is 97.9 Å². The number of aryl methyl sites for hydroxylation is 1. The summed E-state index contributed by atoms with van der Waals surface area (Å²) >= 11 is 12.9. The van der Waals surface area contributed by atoms with Gasteiger partial charge in [0.1, 0.15) is 23.7 Å². The molecule has 6 nitrogen and oxygen atoms in total. The highest BCUT2D eigenvalue weighted by atomic mass is 79.9. The van der Waals surface area contributed by atoms with Crippen molar-refractivity contribution in [2.75, 3.05) is 4.90 Å². The standard InChI is InChI=1S/C25H16Br2ClFN2O4/c1-13-5-6-16(28)11-21(13)31-24(33)18(23(32)30-25(31)34)8-15-9-19(26)22(20(27)10-15)35-12-14-3-2-4-17(29)7-14/h2-11H,12H2,1H3,(H,30,32,34)/b18-8+. The zero-order chi connectivity index (χ0) is 25.3. The van der Waals surface area contributed by atoms with E-state index in [9.17, 15) is 18.8 Å². The highest BCUT2D eigenvalue weighted by Gasteiger charge is 2.37. The molecule has 0 saturated carbocycles. The number of benzene rings is 3. The van der Waals surface area contributed by atoms with Gasteiger partial charge in [0.15, 0.2) is 0 Å². The SMILES string of the molecule is Cc1ccc(Cl)cc1N1C(=O)NC(=O)/C(=C\c2cc(Br)c(OCc3cccc(F)c3)c(Br)c2)C1=O. The fourth-order valence-corrected chi connectivity index (χ4v) is 5.07. The summed E-state index contributed by atoms with van der Waals surface area (Å²) in [6, 6.07) is 13.3. The molecule has 4 amide bonds. The second-order valence-corrected chi connectivity index (χ2v) is 9.77. The van der Waals surface area contributed by atoms with Crippen molar-refractivity contribution in [3.63, 3.8) is 0 Å². The number of nitrogens with zero attached hydrogens (tertiary/aromatic N) is 1. The molecule has 0 atom stereocenters. The zero-order valence-electron chi connectivity index (χ0n) is 18.1. The Hall–Kier alpha value is -3.01. The highest BCUT2D eigenvalue weighted by molar-refractivity contribution is 9.11. The molecule has 1 saturated heterocycles. The average Bonchev–Trinajstić information content (AvgIpc) is 2.78. The molecule has 10 heteroatoms. The van der Waals surface area contributed by atoms with Crippen LogP contribution in [-0.4, -0.2) is 17.8 Å². The van der Waals surface area contributed by atoms with Crippen LogP contribution in [0.3, 0.4) is 0 Å². The van der Waals surface area contributed by atoms with E-state index >= 15 is 0 Å². The van der Waals surface area contributed by atoms with Crippen LogP contribution in [0.1, 0.15) is 16.7 Å². The van der Waals surface area contributed by atoms with E-state index in [1.165, 1.54) is 24.3 Å². The third kappa shape index (κ3) is 5.47. The van der Waals surface area contributed by atoms with Gasteiger partial charge in [0.2, 0.25) is 0 Å². The Kier molecular flexibility index (Phi) is 7.39. The Bertz CT molecular complexity index is 1390. The molecule has 0 aliphatic carbocycles. The van der Waals surface area contributed by atoms with Crippen molar-refractivity contribution in [3.05, 3.63) is 96.6 Å². The molecule has 0 spiro atoms. The van der Waals surface area contributed by atoms with Gasteiger partial charge < -0.3 is 4.74 Å². The molecule has 1 aliphatic heterocycles. The third-order valence-corrected chi connectivity index (χ3v) is 6.53. The first-order valence-electron chi connectivity index (χ1n) is 10.2. The minimum absolute atomic E-state index is 0.131. The predicted molar refractivity (Wildman–Crippen MR) is 138 cm³/mol. The van der Waals surface area contributed by atoms with Gasteiger partial charge in [0.25, 0.3) is 11.8 Å². The van der Waals surface area contributed by atoms with E-state index in [-0.39, 0.29) is 23.7 Å². The van der Waals surface area contributed by atoms with Crippen molar-refractivity contribution in [1.82, 2.24) is 5.32 Å². The summed E-state index contributed by atoms with van der Waals surface area (Å²) in [7, 11) is 0. The number of carbonyl (C=O) groups is 3. The predicted octanol–water partition coefficient (Wildman–Crippen LogP) is 6.56. The summed E-state index contributed by atoms with van der Waals surface area (Å²) in [5.74, 6) is -1.48. The Morgan fingerprint density at radius 2 is 1.77 bits per heavy atom. The molecule has 178 valence electrons. The van der Waals surface area contributed by atoms with E-state index in [2.05, 4.69) is 37.2 Å². The summed E-state index contributed by atoms with van der Waals surface area (Å²) in [5, 5.41) is 2.54. The number of anilines is 1. The van der Waals surface area contributed by atoms with Crippen LogP contribution in [0.2, 0.25) is 5.02 Å². The number of halogens is 4. The van der Waals surface area contributed by atoms with Crippen LogP contribution >= 0.6 is 43.5 Å². The number of barbiturate groups is 1. The summed E-state index contributed by atoms with van der Waals surface area (Å²) in [5.41, 5.74) is 1.84. The highest BCUT2D eigenvalue weighted by Crippen LogP contribution is 2.36. The Morgan fingerprint density at radius 3 is 2.46 bits per heavy atom. The molecule has 1 heterocycles. The number of nitrogens with one attached hydrogen (secondary N) is 1. The van der Waals surface area contributed by atoms with Crippen LogP contribution in [0, 0.1) is 12.7 Å². The summed E-state index contributed by atoms with van der Waals surface area (Å²) in [4.78, 5) is 39.1. The van der Waals surface area contributed by atoms with Crippen molar-refractivity contribution < 1.29 is 23.5 Å². The molecule has 3 aromatic carbocycles. The number of hydrogen-bond acceptors (Lipinski definition) is 4. The van der Waals surface area contributed by atoms with Gasteiger partial charge >= 0.3 is 6.03 Å². The molecular formula is C25H16Br2ClFN2O4. The van der Waals surface area contributed by atoms with Gasteiger partial charge in [0.05, 0.1) is 14.6 Å². The van der Waals surface area contributed by atoms with Crippen LogP contribution in [0.25, 0.3) is 6.08 Å². The monoisotopic (exact) mass is 620 g/mol. The first-order valence-corrected chi connectivity index (χ1v) is 12.1. The van der Waals surface area contributed by atoms with E-state index in [1.54, 1.807) is 43.3 Å². The van der Waals surface area contributed by atoms with Gasteiger partial charge in [0, 0.05) is 5.02 Å². The van der Waals surface area contributed by atoms with E-state index in [4.69, 9.17) is 16.3 Å². The number of urea groups is 1. The fourth-order valence-electron chi connectivity index (χ4n) is 3.45. The fraction of sp³-hybridized carbons (Fsp3) is 0.0800. The number of imide groups is 2. The summed E-state index contributed by atoms with van der Waals surface area (Å²) in [6.07, 6.45) is 1.38. The first kappa shape index (κ1) is 25.1. The van der Waals surface area contributed by atoms with Gasteiger partial charge in [-0.1, -0.05) is 29.8 Å². The molecule has 1 aliphatic rings. The lowest BCUT2D eigenvalue weighted by molar-refractivity contribution is -0.122. The van der Waals surface area contributed by atoms with Gasteiger partial charge in [-0.15, -0.1) is 0 Å². The zero-order valence-corrected chi connectivity index (χ0v) is 22.0. The normalized spacial score (nSPS) is 14.9. The molecular weight excluding hydrogens is 607 g/mol. The van der Waals surface area contributed by atoms with Crippen molar-refractivity contribution in [3.8, 4) is 5.75 Å². The molecule has 0 bridgehead atoms. The van der Waals surface area contributed by atoms with E-state index in [0.29, 0.717) is 36.4 Å².